The fourth-order valence-corrected chi connectivity index (χ4v) is 2.66. The molecule has 0 fully saturated rings. The highest BCUT2D eigenvalue weighted by Crippen LogP contribution is 2.29. The Morgan fingerprint density at radius 3 is 2.76 bits per heavy atom. The molecule has 0 aliphatic carbocycles. The lowest BCUT2D eigenvalue weighted by Gasteiger charge is -2.13. The molecule has 0 aliphatic rings. The summed E-state index contributed by atoms with van der Waals surface area (Å²) in [6.07, 6.45) is -3.57. The Morgan fingerprint density at radius 1 is 1.33 bits per heavy atom. The van der Waals surface area contributed by atoms with Gasteiger partial charge in [0.05, 0.1) is 5.39 Å². The summed E-state index contributed by atoms with van der Waals surface area (Å²) in [7, 11) is 0. The predicted octanol–water partition coefficient (Wildman–Crippen LogP) is 2.86. The molecule has 8 heteroatoms. The van der Waals surface area contributed by atoms with Crippen LogP contribution in [0.4, 0.5) is 20.5 Å². The van der Waals surface area contributed by atoms with Crippen molar-refractivity contribution >= 4 is 33.3 Å². The van der Waals surface area contributed by atoms with E-state index in [1.54, 1.807) is 0 Å². The third kappa shape index (κ3) is 3.98. The van der Waals surface area contributed by atoms with E-state index in [1.165, 1.54) is 11.3 Å². The van der Waals surface area contributed by atoms with Crippen LogP contribution in [0.1, 0.15) is 18.2 Å². The number of aryl methyl sites for hydroxylation is 1. The van der Waals surface area contributed by atoms with E-state index in [4.69, 9.17) is 0 Å². The number of alkyl halides is 2. The summed E-state index contributed by atoms with van der Waals surface area (Å²) >= 11 is 1.51. The average Bonchev–Trinajstić information content (AvgIpc) is 2.82. The second-order valence-electron chi connectivity index (χ2n) is 4.68. The first-order chi connectivity index (χ1) is 10.0. The highest BCUT2D eigenvalue weighted by Gasteiger charge is 2.18. The standard InChI is InChI=1S/C13H18F2N4OS/c1-3-4-16-13-18-11(17-6-9(20)10(14)15)8-5-7(2)21-12(8)19-13/h5,9-10,20H,3-4,6H2,1-2H3,(H2,16,17,18,19). The van der Waals surface area contributed by atoms with Crippen LogP contribution < -0.4 is 10.6 Å². The molecule has 2 heterocycles. The largest absolute Gasteiger partial charge is 0.385 e. The third-order valence-electron chi connectivity index (χ3n) is 2.82. The Morgan fingerprint density at radius 2 is 2.10 bits per heavy atom. The van der Waals surface area contributed by atoms with E-state index in [0.29, 0.717) is 11.8 Å². The van der Waals surface area contributed by atoms with Crippen LogP contribution in [-0.2, 0) is 0 Å². The van der Waals surface area contributed by atoms with Crippen LogP contribution in [0.5, 0.6) is 0 Å². The topological polar surface area (TPSA) is 70.1 Å². The van der Waals surface area contributed by atoms with Gasteiger partial charge in [-0.3, -0.25) is 0 Å². The monoisotopic (exact) mass is 316 g/mol. The summed E-state index contributed by atoms with van der Waals surface area (Å²) in [5.41, 5.74) is 0. The molecule has 0 aliphatic heterocycles. The minimum Gasteiger partial charge on any atom is -0.385 e. The van der Waals surface area contributed by atoms with Crippen LogP contribution in [0, 0.1) is 6.92 Å². The number of hydrogen-bond acceptors (Lipinski definition) is 6. The fourth-order valence-electron chi connectivity index (χ4n) is 1.78. The summed E-state index contributed by atoms with van der Waals surface area (Å²) in [4.78, 5) is 10.5. The summed E-state index contributed by atoms with van der Waals surface area (Å²) in [5, 5.41) is 15.9. The van der Waals surface area contributed by atoms with Crippen molar-refractivity contribution in [1.82, 2.24) is 9.97 Å². The number of nitrogens with zero attached hydrogens (tertiary/aromatic N) is 2. The van der Waals surface area contributed by atoms with Crippen LogP contribution >= 0.6 is 11.3 Å². The van der Waals surface area contributed by atoms with E-state index in [9.17, 15) is 13.9 Å². The lowest BCUT2D eigenvalue weighted by molar-refractivity contribution is 0.00382. The van der Waals surface area contributed by atoms with E-state index >= 15 is 0 Å². The highest BCUT2D eigenvalue weighted by molar-refractivity contribution is 7.18. The zero-order valence-corrected chi connectivity index (χ0v) is 12.7. The fraction of sp³-hybridized carbons (Fsp3) is 0.538. The van der Waals surface area contributed by atoms with Gasteiger partial charge in [-0.15, -0.1) is 11.3 Å². The molecule has 2 aromatic rings. The van der Waals surface area contributed by atoms with Crippen molar-refractivity contribution in [2.45, 2.75) is 32.8 Å². The number of rotatable bonds is 7. The minimum atomic E-state index is -2.78. The Balaban J connectivity index is 2.26. The van der Waals surface area contributed by atoms with E-state index in [-0.39, 0.29) is 6.54 Å². The summed E-state index contributed by atoms with van der Waals surface area (Å²) < 4.78 is 24.7. The van der Waals surface area contributed by atoms with Crippen molar-refractivity contribution < 1.29 is 13.9 Å². The van der Waals surface area contributed by atoms with Gasteiger partial charge in [-0.1, -0.05) is 6.92 Å². The second-order valence-corrected chi connectivity index (χ2v) is 5.92. The van der Waals surface area contributed by atoms with Crippen LogP contribution in [0.25, 0.3) is 10.2 Å². The maximum absolute atomic E-state index is 12.4. The molecule has 2 rings (SSSR count). The Labute approximate surface area is 125 Å². The molecule has 1 atom stereocenters. The van der Waals surface area contributed by atoms with Gasteiger partial charge < -0.3 is 15.7 Å². The summed E-state index contributed by atoms with van der Waals surface area (Å²) in [6.45, 7) is 4.45. The molecule has 21 heavy (non-hydrogen) atoms. The van der Waals surface area contributed by atoms with Gasteiger partial charge in [0.1, 0.15) is 16.8 Å². The molecule has 0 radical (unpaired) electrons. The predicted molar refractivity (Wildman–Crippen MR) is 81.4 cm³/mol. The second kappa shape index (κ2) is 6.95. The number of fused-ring (bicyclic) bond motifs is 1. The number of aliphatic hydroxyl groups excluding tert-OH is 1. The van der Waals surface area contributed by atoms with Gasteiger partial charge in [0.2, 0.25) is 5.95 Å². The number of anilines is 2. The Kier molecular flexibility index (Phi) is 5.24. The number of nitrogens with one attached hydrogen (secondary N) is 2. The van der Waals surface area contributed by atoms with Gasteiger partial charge in [0.15, 0.2) is 0 Å². The Hall–Kier alpha value is -1.54. The minimum absolute atomic E-state index is 0.258. The molecule has 1 unspecified atom stereocenters. The lowest BCUT2D eigenvalue weighted by Crippen LogP contribution is -2.27. The molecule has 0 saturated carbocycles. The van der Waals surface area contributed by atoms with Crippen molar-refractivity contribution in [3.8, 4) is 0 Å². The van der Waals surface area contributed by atoms with Gasteiger partial charge in [-0.25, -0.2) is 13.8 Å². The van der Waals surface area contributed by atoms with Crippen molar-refractivity contribution in [3.63, 3.8) is 0 Å². The van der Waals surface area contributed by atoms with Gasteiger partial charge in [0.25, 0.3) is 6.43 Å². The van der Waals surface area contributed by atoms with E-state index in [2.05, 4.69) is 20.6 Å². The maximum atomic E-state index is 12.4. The first-order valence-corrected chi connectivity index (χ1v) is 7.55. The van der Waals surface area contributed by atoms with Crippen molar-refractivity contribution in [1.29, 1.82) is 0 Å². The van der Waals surface area contributed by atoms with E-state index in [0.717, 1.165) is 28.1 Å². The van der Waals surface area contributed by atoms with Crippen LogP contribution in [-0.4, -0.2) is 40.7 Å². The molecule has 0 saturated heterocycles. The maximum Gasteiger partial charge on any atom is 0.265 e. The molecule has 2 aromatic heterocycles. The Bertz CT molecular complexity index is 605. The molecule has 0 bridgehead atoms. The van der Waals surface area contributed by atoms with Crippen molar-refractivity contribution in [3.05, 3.63) is 10.9 Å². The molecule has 0 amide bonds. The zero-order chi connectivity index (χ0) is 15.4. The van der Waals surface area contributed by atoms with Gasteiger partial charge in [0, 0.05) is 18.0 Å². The van der Waals surface area contributed by atoms with Crippen LogP contribution in [0.2, 0.25) is 0 Å². The summed E-state index contributed by atoms with van der Waals surface area (Å²) in [5.74, 6) is 0.919. The van der Waals surface area contributed by atoms with E-state index < -0.39 is 12.5 Å². The number of aromatic nitrogens is 2. The zero-order valence-electron chi connectivity index (χ0n) is 11.9. The van der Waals surface area contributed by atoms with Gasteiger partial charge in [-0.05, 0) is 19.4 Å². The van der Waals surface area contributed by atoms with Crippen LogP contribution in [0.3, 0.4) is 0 Å². The SMILES string of the molecule is CCCNc1nc(NCC(O)C(F)F)c2cc(C)sc2n1. The average molecular weight is 316 g/mol. The number of thiophene rings is 1. The normalized spacial score (nSPS) is 12.9. The molecule has 0 spiro atoms. The number of aliphatic hydroxyl groups is 1. The van der Waals surface area contributed by atoms with Crippen molar-refractivity contribution in [2.75, 3.05) is 23.7 Å². The van der Waals surface area contributed by atoms with Gasteiger partial charge in [-0.2, -0.15) is 4.98 Å². The van der Waals surface area contributed by atoms with Crippen LogP contribution in [0.15, 0.2) is 6.07 Å². The molecular weight excluding hydrogens is 298 g/mol. The molecular formula is C13H18F2N4OS. The first kappa shape index (κ1) is 15.8. The quantitative estimate of drug-likeness (QED) is 0.733. The summed E-state index contributed by atoms with van der Waals surface area (Å²) in [6, 6.07) is 1.90. The molecule has 116 valence electrons. The number of halogens is 2. The third-order valence-corrected chi connectivity index (χ3v) is 3.76. The molecule has 0 aromatic carbocycles. The smallest absolute Gasteiger partial charge is 0.265 e. The van der Waals surface area contributed by atoms with Gasteiger partial charge >= 0.3 is 0 Å². The first-order valence-electron chi connectivity index (χ1n) is 6.73. The number of hydrogen-bond donors (Lipinski definition) is 3. The molecule has 5 nitrogen and oxygen atoms in total. The van der Waals surface area contributed by atoms with E-state index in [1.807, 2.05) is 19.9 Å². The lowest BCUT2D eigenvalue weighted by atomic mass is 10.3. The molecule has 3 N–H and O–H groups in total. The highest BCUT2D eigenvalue weighted by atomic mass is 32.1. The van der Waals surface area contributed by atoms with Crippen molar-refractivity contribution in [2.24, 2.45) is 0 Å².